The van der Waals surface area contributed by atoms with Crippen LogP contribution in [0.4, 0.5) is 10.5 Å². The SMILES string of the molecule is CNc1cc(C)ccc1C(=O)CCC(NC(=O)OCc1ccccc1)C(=O)OC. The van der Waals surface area contributed by atoms with Gasteiger partial charge < -0.3 is 20.1 Å². The minimum absolute atomic E-state index is 0.0659. The third-order valence-corrected chi connectivity index (χ3v) is 4.40. The highest BCUT2D eigenvalue weighted by Gasteiger charge is 2.24. The van der Waals surface area contributed by atoms with Crippen molar-refractivity contribution in [1.29, 1.82) is 0 Å². The highest BCUT2D eigenvalue weighted by molar-refractivity contribution is 6.01. The Morgan fingerprint density at radius 2 is 1.79 bits per heavy atom. The molecule has 7 heteroatoms. The zero-order valence-corrected chi connectivity index (χ0v) is 16.9. The number of amides is 1. The Bertz CT molecular complexity index is 852. The number of Topliss-reactive ketones (excluding diaryl/α,β-unsaturated/α-hetero) is 1. The molecule has 0 aliphatic heterocycles. The smallest absolute Gasteiger partial charge is 0.408 e. The van der Waals surface area contributed by atoms with Gasteiger partial charge in [0.2, 0.25) is 0 Å². The van der Waals surface area contributed by atoms with Gasteiger partial charge in [0.1, 0.15) is 12.6 Å². The predicted molar refractivity (Wildman–Crippen MR) is 110 cm³/mol. The summed E-state index contributed by atoms with van der Waals surface area (Å²) in [5.41, 5.74) is 3.11. The molecule has 7 nitrogen and oxygen atoms in total. The summed E-state index contributed by atoms with van der Waals surface area (Å²) in [6.45, 7) is 2.02. The molecule has 0 bridgehead atoms. The molecular weight excluding hydrogens is 372 g/mol. The monoisotopic (exact) mass is 398 g/mol. The Hall–Kier alpha value is -3.35. The number of carbonyl (C=O) groups is 3. The van der Waals surface area contributed by atoms with E-state index < -0.39 is 18.1 Å². The fourth-order valence-corrected chi connectivity index (χ4v) is 2.82. The molecule has 2 aromatic rings. The van der Waals surface area contributed by atoms with Crippen molar-refractivity contribution in [2.24, 2.45) is 0 Å². The second-order valence-corrected chi connectivity index (χ2v) is 6.54. The van der Waals surface area contributed by atoms with E-state index in [-0.39, 0.29) is 25.2 Å². The first-order valence-electron chi connectivity index (χ1n) is 9.31. The first-order valence-corrected chi connectivity index (χ1v) is 9.31. The molecule has 0 aliphatic carbocycles. The minimum atomic E-state index is -0.976. The number of anilines is 1. The van der Waals surface area contributed by atoms with Gasteiger partial charge >= 0.3 is 12.1 Å². The van der Waals surface area contributed by atoms with E-state index in [1.807, 2.05) is 49.4 Å². The van der Waals surface area contributed by atoms with Gasteiger partial charge in [-0.2, -0.15) is 0 Å². The number of rotatable bonds is 9. The number of esters is 1. The zero-order chi connectivity index (χ0) is 21.2. The maximum atomic E-state index is 12.6. The van der Waals surface area contributed by atoms with Crippen LogP contribution in [0.5, 0.6) is 0 Å². The normalized spacial score (nSPS) is 11.3. The van der Waals surface area contributed by atoms with E-state index in [4.69, 9.17) is 9.47 Å². The summed E-state index contributed by atoms with van der Waals surface area (Å²) in [5, 5.41) is 5.48. The third-order valence-electron chi connectivity index (χ3n) is 4.40. The van der Waals surface area contributed by atoms with Gasteiger partial charge in [0.15, 0.2) is 5.78 Å². The summed E-state index contributed by atoms with van der Waals surface area (Å²) < 4.78 is 9.88. The van der Waals surface area contributed by atoms with E-state index in [2.05, 4.69) is 10.6 Å². The second kappa shape index (κ2) is 10.8. The predicted octanol–water partition coefficient (Wildman–Crippen LogP) is 3.47. The maximum absolute atomic E-state index is 12.6. The van der Waals surface area contributed by atoms with E-state index >= 15 is 0 Å². The summed E-state index contributed by atoms with van der Waals surface area (Å²) in [4.78, 5) is 36.7. The average molecular weight is 398 g/mol. The van der Waals surface area contributed by atoms with Gasteiger partial charge in [-0.25, -0.2) is 9.59 Å². The number of ether oxygens (including phenoxy) is 2. The van der Waals surface area contributed by atoms with Crippen LogP contribution in [0.15, 0.2) is 48.5 Å². The van der Waals surface area contributed by atoms with E-state index in [0.717, 1.165) is 16.8 Å². The highest BCUT2D eigenvalue weighted by Crippen LogP contribution is 2.20. The van der Waals surface area contributed by atoms with E-state index in [0.29, 0.717) is 5.56 Å². The summed E-state index contributed by atoms with van der Waals surface area (Å²) in [6.07, 6.45) is -0.581. The first-order chi connectivity index (χ1) is 13.9. The van der Waals surface area contributed by atoms with Crippen LogP contribution >= 0.6 is 0 Å². The van der Waals surface area contributed by atoms with Gasteiger partial charge in [-0.05, 0) is 36.6 Å². The molecule has 154 valence electrons. The number of ketones is 1. The van der Waals surface area contributed by atoms with Crippen molar-refractivity contribution in [3.63, 3.8) is 0 Å². The number of aryl methyl sites for hydroxylation is 1. The maximum Gasteiger partial charge on any atom is 0.408 e. The lowest BCUT2D eigenvalue weighted by atomic mass is 10.0. The van der Waals surface area contributed by atoms with Gasteiger partial charge in [-0.3, -0.25) is 4.79 Å². The van der Waals surface area contributed by atoms with Gasteiger partial charge in [-0.1, -0.05) is 36.4 Å². The number of hydrogen-bond acceptors (Lipinski definition) is 6. The van der Waals surface area contributed by atoms with Crippen LogP contribution in [0, 0.1) is 6.92 Å². The topological polar surface area (TPSA) is 93.7 Å². The second-order valence-electron chi connectivity index (χ2n) is 6.54. The average Bonchev–Trinajstić information content (AvgIpc) is 2.74. The number of benzene rings is 2. The van der Waals surface area contributed by atoms with E-state index in [1.165, 1.54) is 7.11 Å². The van der Waals surface area contributed by atoms with Crippen LogP contribution in [0.1, 0.15) is 34.3 Å². The fourth-order valence-electron chi connectivity index (χ4n) is 2.82. The molecular formula is C22H26N2O5. The van der Waals surface area contributed by atoms with Crippen molar-refractivity contribution in [2.45, 2.75) is 32.4 Å². The Morgan fingerprint density at radius 1 is 1.07 bits per heavy atom. The van der Waals surface area contributed by atoms with Crippen LogP contribution in [0.2, 0.25) is 0 Å². The van der Waals surface area contributed by atoms with Gasteiger partial charge in [0, 0.05) is 24.7 Å². The van der Waals surface area contributed by atoms with Crippen molar-refractivity contribution >= 4 is 23.5 Å². The van der Waals surface area contributed by atoms with Crippen LogP contribution in [-0.2, 0) is 20.9 Å². The molecule has 0 aromatic heterocycles. The fraction of sp³-hybridized carbons (Fsp3) is 0.318. The van der Waals surface area contributed by atoms with Gasteiger partial charge in [0.05, 0.1) is 7.11 Å². The molecule has 0 radical (unpaired) electrons. The molecule has 0 saturated heterocycles. The standard InChI is InChI=1S/C22H26N2O5/c1-15-9-10-17(19(13-15)23-2)20(25)12-11-18(21(26)28-3)24-22(27)29-14-16-7-5-4-6-8-16/h4-10,13,18,23H,11-12,14H2,1-3H3,(H,24,27). The highest BCUT2D eigenvalue weighted by atomic mass is 16.6. The number of hydrogen-bond donors (Lipinski definition) is 2. The van der Waals surface area contributed by atoms with Crippen LogP contribution in [0.25, 0.3) is 0 Å². The first kappa shape index (κ1) is 21.9. The quantitative estimate of drug-likeness (QED) is 0.496. The molecule has 1 unspecified atom stereocenters. The Labute approximate surface area is 170 Å². The lowest BCUT2D eigenvalue weighted by Crippen LogP contribution is -2.42. The Balaban J connectivity index is 1.95. The summed E-state index contributed by atoms with van der Waals surface area (Å²) >= 11 is 0. The van der Waals surface area contributed by atoms with Crippen molar-refractivity contribution in [1.82, 2.24) is 5.32 Å². The molecule has 0 aliphatic rings. The molecule has 2 N–H and O–H groups in total. The van der Waals surface area contributed by atoms with E-state index in [1.54, 1.807) is 13.1 Å². The summed E-state index contributed by atoms with van der Waals surface area (Å²) in [6, 6.07) is 13.7. The van der Waals surface area contributed by atoms with E-state index in [9.17, 15) is 14.4 Å². The molecule has 0 fully saturated rings. The Kier molecular flexibility index (Phi) is 8.21. The van der Waals surface area contributed by atoms with Crippen LogP contribution in [0.3, 0.4) is 0 Å². The molecule has 1 amide bonds. The van der Waals surface area contributed by atoms with Crippen molar-refractivity contribution < 1.29 is 23.9 Å². The van der Waals surface area contributed by atoms with Gasteiger partial charge in [0.25, 0.3) is 0 Å². The number of methoxy groups -OCH3 is 1. The lowest BCUT2D eigenvalue weighted by Gasteiger charge is -2.16. The van der Waals surface area contributed by atoms with Gasteiger partial charge in [-0.15, -0.1) is 0 Å². The number of carbonyl (C=O) groups excluding carboxylic acids is 3. The third kappa shape index (κ3) is 6.64. The number of nitrogens with one attached hydrogen (secondary N) is 2. The number of alkyl carbamates (subject to hydrolysis) is 1. The largest absolute Gasteiger partial charge is 0.467 e. The lowest BCUT2D eigenvalue weighted by molar-refractivity contribution is -0.143. The molecule has 29 heavy (non-hydrogen) atoms. The van der Waals surface area contributed by atoms with Crippen LogP contribution < -0.4 is 10.6 Å². The van der Waals surface area contributed by atoms with Crippen LogP contribution in [-0.4, -0.2) is 38.0 Å². The molecule has 2 rings (SSSR count). The van der Waals surface area contributed by atoms with Crippen molar-refractivity contribution in [2.75, 3.05) is 19.5 Å². The molecule has 0 heterocycles. The summed E-state index contributed by atoms with van der Waals surface area (Å²) in [7, 11) is 2.97. The molecule has 1 atom stereocenters. The summed E-state index contributed by atoms with van der Waals surface area (Å²) in [5.74, 6) is -0.769. The zero-order valence-electron chi connectivity index (χ0n) is 16.9. The molecule has 2 aromatic carbocycles. The minimum Gasteiger partial charge on any atom is -0.467 e. The Morgan fingerprint density at radius 3 is 2.45 bits per heavy atom. The molecule has 0 saturated carbocycles. The van der Waals surface area contributed by atoms with Crippen molar-refractivity contribution in [3.8, 4) is 0 Å². The van der Waals surface area contributed by atoms with Crippen molar-refractivity contribution in [3.05, 3.63) is 65.2 Å². The molecule has 0 spiro atoms.